The van der Waals surface area contributed by atoms with Gasteiger partial charge >= 0.3 is 0 Å². The van der Waals surface area contributed by atoms with E-state index in [1.165, 1.54) is 0 Å². The largest absolute Gasteiger partial charge is 0.334 e. The minimum Gasteiger partial charge on any atom is -0.334 e. The summed E-state index contributed by atoms with van der Waals surface area (Å²) in [6, 6.07) is 13.4. The number of rotatable bonds is 5. The van der Waals surface area contributed by atoms with E-state index in [4.69, 9.17) is 0 Å². The van der Waals surface area contributed by atoms with Crippen molar-refractivity contribution in [1.82, 2.24) is 14.8 Å². The van der Waals surface area contributed by atoms with Crippen molar-refractivity contribution in [1.29, 1.82) is 0 Å². The van der Waals surface area contributed by atoms with E-state index < -0.39 is 11.1 Å². The fraction of sp³-hybridized carbons (Fsp3) is 0.250. The van der Waals surface area contributed by atoms with Crippen LogP contribution in [0.3, 0.4) is 0 Å². The van der Waals surface area contributed by atoms with Crippen LogP contribution in [0.2, 0.25) is 0 Å². The van der Waals surface area contributed by atoms with Crippen LogP contribution in [0.15, 0.2) is 71.9 Å². The van der Waals surface area contributed by atoms with E-state index in [9.17, 15) is 14.4 Å². The van der Waals surface area contributed by atoms with Crippen LogP contribution in [-0.2, 0) is 9.59 Å². The lowest BCUT2D eigenvalue weighted by molar-refractivity contribution is -0.138. The number of nitrogens with zero attached hydrogens (tertiary/aromatic N) is 3. The second-order valence-electron chi connectivity index (χ2n) is 7.45. The highest BCUT2D eigenvalue weighted by Gasteiger charge is 2.38. The second kappa shape index (κ2) is 9.75. The summed E-state index contributed by atoms with van der Waals surface area (Å²) in [4.78, 5) is 45.5. The number of likely N-dealkylation sites (tertiary alicyclic amines) is 1. The number of aromatic nitrogens is 1. The number of thioether (sulfide) groups is 1. The van der Waals surface area contributed by atoms with E-state index in [-0.39, 0.29) is 18.5 Å². The number of carbonyl (C=O) groups excluding carboxylic acids is 3. The molecule has 2 aliphatic rings. The number of amides is 3. The van der Waals surface area contributed by atoms with Crippen molar-refractivity contribution in [3.63, 3.8) is 0 Å². The van der Waals surface area contributed by atoms with Crippen LogP contribution in [-0.4, -0.2) is 44.9 Å². The number of piperidine rings is 1. The Kier molecular flexibility index (Phi) is 6.62. The molecule has 3 amide bonds. The topological polar surface area (TPSA) is 70.6 Å². The number of hydrogen-bond donors (Lipinski definition) is 0. The molecule has 0 saturated carbocycles. The smallest absolute Gasteiger partial charge is 0.294 e. The Labute approximate surface area is 185 Å². The first kappa shape index (κ1) is 21.1. The third-order valence-corrected chi connectivity index (χ3v) is 6.32. The maximum Gasteiger partial charge on any atom is 0.294 e. The van der Waals surface area contributed by atoms with Crippen LogP contribution in [0.4, 0.5) is 4.79 Å². The van der Waals surface area contributed by atoms with E-state index in [1.54, 1.807) is 29.4 Å². The highest BCUT2D eigenvalue weighted by molar-refractivity contribution is 8.18. The van der Waals surface area contributed by atoms with Crippen LogP contribution in [0, 0.1) is 0 Å². The lowest BCUT2D eigenvalue weighted by Gasteiger charge is -2.36. The van der Waals surface area contributed by atoms with Crippen LogP contribution in [0.5, 0.6) is 0 Å². The molecule has 6 nitrogen and oxygen atoms in total. The molecule has 0 aliphatic carbocycles. The molecule has 0 N–H and O–H groups in total. The molecule has 1 aromatic carbocycles. The quantitative estimate of drug-likeness (QED) is 0.653. The van der Waals surface area contributed by atoms with Crippen LogP contribution < -0.4 is 0 Å². The Bertz CT molecular complexity index is 1020. The first-order valence-corrected chi connectivity index (χ1v) is 11.1. The van der Waals surface area contributed by atoms with Gasteiger partial charge in [0, 0.05) is 18.9 Å². The second-order valence-corrected chi connectivity index (χ2v) is 8.44. The van der Waals surface area contributed by atoms with Crippen LogP contribution >= 0.6 is 11.8 Å². The summed E-state index contributed by atoms with van der Waals surface area (Å²) in [6.45, 7) is 0.380. The zero-order chi connectivity index (χ0) is 21.6. The number of allylic oxidation sites excluding steroid dienone is 2. The van der Waals surface area contributed by atoms with Crippen LogP contribution in [0.25, 0.3) is 6.08 Å². The van der Waals surface area contributed by atoms with Crippen molar-refractivity contribution in [2.24, 2.45) is 0 Å². The minimum atomic E-state index is -0.420. The SMILES string of the molecule is O=C1S/C(=C\C=C\c2ccccc2)C(=O)N1CC(=O)N1CCCC[C@@H]1c1cccnc1. The molecule has 2 aliphatic heterocycles. The van der Waals surface area contributed by atoms with E-state index in [0.717, 1.165) is 47.1 Å². The summed E-state index contributed by atoms with van der Waals surface area (Å²) in [7, 11) is 0. The molecule has 2 aromatic rings. The highest BCUT2D eigenvalue weighted by atomic mass is 32.2. The van der Waals surface area contributed by atoms with E-state index in [2.05, 4.69) is 4.98 Å². The van der Waals surface area contributed by atoms with Gasteiger partial charge in [0.2, 0.25) is 5.91 Å². The molecular formula is C24H23N3O3S. The molecule has 4 rings (SSSR count). The third kappa shape index (κ3) is 4.94. The number of pyridine rings is 1. The van der Waals surface area contributed by atoms with Gasteiger partial charge in [0.1, 0.15) is 6.54 Å². The predicted molar refractivity (Wildman–Crippen MR) is 121 cm³/mol. The van der Waals surface area contributed by atoms with Gasteiger partial charge in [-0.3, -0.25) is 24.3 Å². The number of imide groups is 1. The monoisotopic (exact) mass is 433 g/mol. The molecule has 31 heavy (non-hydrogen) atoms. The summed E-state index contributed by atoms with van der Waals surface area (Å²) >= 11 is 0.869. The lowest BCUT2D eigenvalue weighted by atomic mass is 9.96. The van der Waals surface area contributed by atoms with E-state index in [1.807, 2.05) is 48.5 Å². The van der Waals surface area contributed by atoms with Gasteiger partial charge in [0.05, 0.1) is 10.9 Å². The Morgan fingerprint density at radius 1 is 1.13 bits per heavy atom. The summed E-state index contributed by atoms with van der Waals surface area (Å²) in [5, 5.41) is -0.410. The number of hydrogen-bond acceptors (Lipinski definition) is 5. The Balaban J connectivity index is 1.44. The molecule has 1 atom stereocenters. The molecule has 0 bridgehead atoms. The first-order valence-electron chi connectivity index (χ1n) is 10.3. The number of carbonyl (C=O) groups is 3. The Morgan fingerprint density at radius 3 is 2.74 bits per heavy atom. The Morgan fingerprint density at radius 2 is 1.97 bits per heavy atom. The Hall–Kier alpha value is -3.19. The van der Waals surface area contributed by atoms with Crippen molar-refractivity contribution in [2.45, 2.75) is 25.3 Å². The first-order chi connectivity index (χ1) is 15.1. The molecular weight excluding hydrogens is 410 g/mol. The van der Waals surface area contributed by atoms with Crippen molar-refractivity contribution < 1.29 is 14.4 Å². The summed E-state index contributed by atoms with van der Waals surface area (Å²) in [5.41, 5.74) is 1.98. The van der Waals surface area contributed by atoms with Gasteiger partial charge in [-0.2, -0.15) is 0 Å². The molecule has 2 fully saturated rings. The van der Waals surface area contributed by atoms with Gasteiger partial charge in [-0.05, 0) is 54.3 Å². The summed E-state index contributed by atoms with van der Waals surface area (Å²) < 4.78 is 0. The predicted octanol–water partition coefficient (Wildman–Crippen LogP) is 4.43. The van der Waals surface area contributed by atoms with Crippen LogP contribution in [0.1, 0.15) is 36.4 Å². The van der Waals surface area contributed by atoms with E-state index >= 15 is 0 Å². The van der Waals surface area contributed by atoms with Crippen molar-refractivity contribution in [3.05, 3.63) is 83.0 Å². The van der Waals surface area contributed by atoms with Gasteiger partial charge in [-0.15, -0.1) is 0 Å². The van der Waals surface area contributed by atoms with Crippen molar-refractivity contribution in [2.75, 3.05) is 13.1 Å². The van der Waals surface area contributed by atoms with Gasteiger partial charge in [0.15, 0.2) is 0 Å². The normalized spacial score (nSPS) is 20.8. The van der Waals surface area contributed by atoms with E-state index in [0.29, 0.717) is 11.4 Å². The van der Waals surface area contributed by atoms with Gasteiger partial charge in [-0.25, -0.2) is 0 Å². The summed E-state index contributed by atoms with van der Waals surface area (Å²) in [6.07, 6.45) is 11.5. The molecule has 0 radical (unpaired) electrons. The third-order valence-electron chi connectivity index (χ3n) is 5.40. The van der Waals surface area contributed by atoms with Gasteiger partial charge in [-0.1, -0.05) is 48.6 Å². The minimum absolute atomic E-state index is 0.0702. The molecule has 3 heterocycles. The fourth-order valence-electron chi connectivity index (χ4n) is 3.84. The maximum absolute atomic E-state index is 13.1. The fourth-order valence-corrected chi connectivity index (χ4v) is 4.63. The zero-order valence-electron chi connectivity index (χ0n) is 17.0. The van der Waals surface area contributed by atoms with Gasteiger partial charge < -0.3 is 4.90 Å². The lowest BCUT2D eigenvalue weighted by Crippen LogP contribution is -2.45. The summed E-state index contributed by atoms with van der Waals surface area (Å²) in [5.74, 6) is -0.632. The van der Waals surface area contributed by atoms with Crippen molar-refractivity contribution in [3.8, 4) is 0 Å². The average Bonchev–Trinajstić information content (AvgIpc) is 3.08. The molecule has 0 unspecified atom stereocenters. The average molecular weight is 434 g/mol. The molecule has 2 saturated heterocycles. The highest BCUT2D eigenvalue weighted by Crippen LogP contribution is 2.33. The van der Waals surface area contributed by atoms with Crippen molar-refractivity contribution >= 4 is 34.9 Å². The molecule has 0 spiro atoms. The molecule has 1 aromatic heterocycles. The van der Waals surface area contributed by atoms with Gasteiger partial charge in [0.25, 0.3) is 11.1 Å². The molecule has 158 valence electrons. The molecule has 7 heteroatoms. The number of benzene rings is 1. The maximum atomic E-state index is 13.1. The standard InChI is InChI=1S/C24H23N3O3S/c28-22(26-15-5-4-12-20(26)19-11-7-14-25-16-19)17-27-23(29)21(31-24(27)30)13-6-10-18-8-2-1-3-9-18/h1-3,6-11,13-14,16,20H,4-5,12,15,17H2/b10-6+,21-13-/t20-/m1/s1. The zero-order valence-corrected chi connectivity index (χ0v) is 17.8.